The molecule has 2 saturated heterocycles. The molecule has 2 aliphatic rings. The maximum Gasteiger partial charge on any atom is 0.0730 e. The normalized spacial score (nSPS) is 27.6. The lowest BCUT2D eigenvalue weighted by molar-refractivity contribution is -0.159. The van der Waals surface area contributed by atoms with Crippen molar-refractivity contribution in [2.75, 3.05) is 19.8 Å². The molecule has 1 spiro atoms. The topological polar surface area (TPSA) is 38.7 Å². The molecule has 0 radical (unpaired) electrons. The van der Waals surface area contributed by atoms with Gasteiger partial charge in [0.1, 0.15) is 0 Å². The molecule has 3 nitrogen and oxygen atoms in total. The number of hydrogen-bond acceptors (Lipinski definition) is 3. The van der Waals surface area contributed by atoms with Crippen LogP contribution in [0, 0.1) is 5.92 Å². The molecular weight excluding hydrogens is 252 g/mol. The van der Waals surface area contributed by atoms with E-state index >= 15 is 0 Å². The van der Waals surface area contributed by atoms with E-state index < -0.39 is 0 Å². The van der Waals surface area contributed by atoms with Gasteiger partial charge in [0, 0.05) is 19.8 Å². The summed E-state index contributed by atoms with van der Waals surface area (Å²) in [7, 11) is 0. The zero-order valence-corrected chi connectivity index (χ0v) is 13.1. The Morgan fingerprint density at radius 1 is 1.10 bits per heavy atom. The van der Waals surface area contributed by atoms with Crippen LogP contribution >= 0.6 is 0 Å². The average molecular weight is 284 g/mol. The maximum atomic E-state index is 10.5. The molecular formula is C17H32O3. The molecule has 0 aromatic carbocycles. The maximum absolute atomic E-state index is 10.5. The van der Waals surface area contributed by atoms with Crippen molar-refractivity contribution in [2.24, 2.45) is 5.92 Å². The van der Waals surface area contributed by atoms with Gasteiger partial charge in [0.25, 0.3) is 0 Å². The molecule has 0 bridgehead atoms. The third kappa shape index (κ3) is 4.71. The van der Waals surface area contributed by atoms with Crippen molar-refractivity contribution in [1.82, 2.24) is 0 Å². The fraction of sp³-hybridized carbons (Fsp3) is 1.00. The molecule has 2 aliphatic heterocycles. The third-order valence-corrected chi connectivity index (χ3v) is 5.08. The fourth-order valence-corrected chi connectivity index (χ4v) is 3.68. The lowest BCUT2D eigenvalue weighted by Crippen LogP contribution is -2.46. The highest BCUT2D eigenvalue weighted by Crippen LogP contribution is 2.38. The summed E-state index contributed by atoms with van der Waals surface area (Å²) in [4.78, 5) is 0. The smallest absolute Gasteiger partial charge is 0.0730 e. The molecule has 0 saturated carbocycles. The first kappa shape index (κ1) is 16.3. The summed E-state index contributed by atoms with van der Waals surface area (Å²) in [6.45, 7) is 4.70. The first-order valence-electron chi connectivity index (χ1n) is 8.65. The number of rotatable bonds is 7. The predicted molar refractivity (Wildman–Crippen MR) is 80.8 cm³/mol. The number of aliphatic hydroxyl groups is 1. The van der Waals surface area contributed by atoms with Gasteiger partial charge in [-0.1, -0.05) is 39.0 Å². The van der Waals surface area contributed by atoms with Crippen LogP contribution in [0.15, 0.2) is 0 Å². The molecule has 2 atom stereocenters. The summed E-state index contributed by atoms with van der Waals surface area (Å²) < 4.78 is 11.5. The van der Waals surface area contributed by atoms with Crippen molar-refractivity contribution in [2.45, 2.75) is 82.8 Å². The summed E-state index contributed by atoms with van der Waals surface area (Å²) in [6, 6.07) is 0. The molecule has 0 aromatic heterocycles. The first-order chi connectivity index (χ1) is 9.76. The molecule has 2 rings (SSSR count). The van der Waals surface area contributed by atoms with Gasteiger partial charge in [-0.2, -0.15) is 0 Å². The molecule has 0 amide bonds. The second kappa shape index (κ2) is 8.35. The van der Waals surface area contributed by atoms with Crippen LogP contribution < -0.4 is 0 Å². The van der Waals surface area contributed by atoms with E-state index in [0.717, 1.165) is 51.9 Å². The van der Waals surface area contributed by atoms with Crippen molar-refractivity contribution in [3.05, 3.63) is 0 Å². The Labute approximate surface area is 124 Å². The molecule has 1 N–H and O–H groups in total. The van der Waals surface area contributed by atoms with Crippen LogP contribution in [-0.2, 0) is 9.47 Å². The summed E-state index contributed by atoms with van der Waals surface area (Å²) in [5.74, 6) is 0.438. The third-order valence-electron chi connectivity index (χ3n) is 5.08. The van der Waals surface area contributed by atoms with Gasteiger partial charge >= 0.3 is 0 Å². The number of unbranched alkanes of at least 4 members (excludes halogenated alkanes) is 4. The van der Waals surface area contributed by atoms with Crippen molar-refractivity contribution >= 4 is 0 Å². The van der Waals surface area contributed by atoms with Gasteiger partial charge in [-0.05, 0) is 38.0 Å². The van der Waals surface area contributed by atoms with E-state index in [2.05, 4.69) is 6.92 Å². The highest BCUT2D eigenvalue weighted by atomic mass is 16.5. The Kier molecular flexibility index (Phi) is 6.79. The van der Waals surface area contributed by atoms with E-state index in [1.165, 1.54) is 32.1 Å². The van der Waals surface area contributed by atoms with Gasteiger partial charge in [0.15, 0.2) is 0 Å². The van der Waals surface area contributed by atoms with Crippen molar-refractivity contribution < 1.29 is 14.6 Å². The van der Waals surface area contributed by atoms with E-state index in [9.17, 15) is 5.11 Å². The van der Waals surface area contributed by atoms with Gasteiger partial charge in [0.05, 0.1) is 11.7 Å². The van der Waals surface area contributed by atoms with Crippen LogP contribution in [0.5, 0.6) is 0 Å². The average Bonchev–Trinajstić information content (AvgIpc) is 2.48. The van der Waals surface area contributed by atoms with Crippen LogP contribution in [0.2, 0.25) is 0 Å². The van der Waals surface area contributed by atoms with E-state index in [0.29, 0.717) is 5.92 Å². The molecule has 118 valence electrons. The lowest BCUT2D eigenvalue weighted by atomic mass is 9.77. The summed E-state index contributed by atoms with van der Waals surface area (Å²) in [6.07, 6.45) is 11.3. The van der Waals surface area contributed by atoms with Crippen molar-refractivity contribution in [3.8, 4) is 0 Å². The lowest BCUT2D eigenvalue weighted by Gasteiger charge is -2.44. The monoisotopic (exact) mass is 284 g/mol. The molecule has 0 aliphatic carbocycles. The van der Waals surface area contributed by atoms with Gasteiger partial charge < -0.3 is 14.6 Å². The molecule has 3 heteroatoms. The molecule has 0 aromatic rings. The standard InChI is InChI=1S/C17H32O3/c1-2-3-4-5-6-7-16(18)15-8-11-20-17(14-15)9-12-19-13-10-17/h15-16,18H,2-14H2,1H3. The number of ether oxygens (including phenoxy) is 2. The Hall–Kier alpha value is -0.120. The Morgan fingerprint density at radius 2 is 1.85 bits per heavy atom. The number of aliphatic hydroxyl groups excluding tert-OH is 1. The van der Waals surface area contributed by atoms with Crippen LogP contribution in [0.1, 0.15) is 71.1 Å². The van der Waals surface area contributed by atoms with Crippen LogP contribution in [-0.4, -0.2) is 36.6 Å². The summed E-state index contributed by atoms with van der Waals surface area (Å²) >= 11 is 0. The highest BCUT2D eigenvalue weighted by Gasteiger charge is 2.40. The fourth-order valence-electron chi connectivity index (χ4n) is 3.68. The quantitative estimate of drug-likeness (QED) is 0.725. The molecule has 20 heavy (non-hydrogen) atoms. The molecule has 2 unspecified atom stereocenters. The highest BCUT2D eigenvalue weighted by molar-refractivity contribution is 4.90. The van der Waals surface area contributed by atoms with Gasteiger partial charge in [-0.15, -0.1) is 0 Å². The van der Waals surface area contributed by atoms with Gasteiger partial charge in [0.2, 0.25) is 0 Å². The minimum absolute atomic E-state index is 0.0182. The van der Waals surface area contributed by atoms with E-state index in [1.807, 2.05) is 0 Å². The van der Waals surface area contributed by atoms with Gasteiger partial charge in [-0.3, -0.25) is 0 Å². The summed E-state index contributed by atoms with van der Waals surface area (Å²) in [5.41, 5.74) is 0.0182. The zero-order chi connectivity index (χ0) is 14.3. The molecule has 2 heterocycles. The Bertz CT molecular complexity index is 255. The van der Waals surface area contributed by atoms with E-state index in [4.69, 9.17) is 9.47 Å². The zero-order valence-electron chi connectivity index (χ0n) is 13.1. The second-order valence-corrected chi connectivity index (χ2v) is 6.67. The minimum atomic E-state index is -0.125. The van der Waals surface area contributed by atoms with Crippen LogP contribution in [0.4, 0.5) is 0 Å². The van der Waals surface area contributed by atoms with Crippen LogP contribution in [0.3, 0.4) is 0 Å². The Balaban J connectivity index is 1.70. The predicted octanol–water partition coefficient (Wildman–Crippen LogP) is 3.68. The number of hydrogen-bond donors (Lipinski definition) is 1. The minimum Gasteiger partial charge on any atom is -0.393 e. The van der Waals surface area contributed by atoms with Gasteiger partial charge in [-0.25, -0.2) is 0 Å². The Morgan fingerprint density at radius 3 is 2.60 bits per heavy atom. The van der Waals surface area contributed by atoms with E-state index in [-0.39, 0.29) is 11.7 Å². The largest absolute Gasteiger partial charge is 0.393 e. The van der Waals surface area contributed by atoms with Crippen molar-refractivity contribution in [3.63, 3.8) is 0 Å². The van der Waals surface area contributed by atoms with Crippen LogP contribution in [0.25, 0.3) is 0 Å². The first-order valence-corrected chi connectivity index (χ1v) is 8.65. The SMILES string of the molecule is CCCCCCCC(O)C1CCOC2(CCOCC2)C1. The molecule has 2 fully saturated rings. The van der Waals surface area contributed by atoms with E-state index in [1.54, 1.807) is 0 Å². The van der Waals surface area contributed by atoms with Crippen molar-refractivity contribution in [1.29, 1.82) is 0 Å². The second-order valence-electron chi connectivity index (χ2n) is 6.67. The summed E-state index contributed by atoms with van der Waals surface area (Å²) in [5, 5.41) is 10.5.